The van der Waals surface area contributed by atoms with Gasteiger partial charge in [-0.2, -0.15) is 0 Å². The van der Waals surface area contributed by atoms with Crippen molar-refractivity contribution in [1.82, 2.24) is 10.2 Å². The monoisotopic (exact) mass is 602 g/mol. The van der Waals surface area contributed by atoms with Crippen LogP contribution in [0.3, 0.4) is 0 Å². The minimum absolute atomic E-state index is 0.0107. The van der Waals surface area contributed by atoms with Crippen LogP contribution in [-0.4, -0.2) is 62.3 Å². The van der Waals surface area contributed by atoms with E-state index >= 15 is 0 Å². The van der Waals surface area contributed by atoms with E-state index in [0.717, 1.165) is 51.1 Å². The van der Waals surface area contributed by atoms with E-state index in [2.05, 4.69) is 10.3 Å². The minimum Gasteiger partial charge on any atom is -0.504 e. The number of aromatic hydroxyl groups is 1. The molecule has 44 heavy (non-hydrogen) atoms. The zero-order valence-corrected chi connectivity index (χ0v) is 25.1. The van der Waals surface area contributed by atoms with Crippen molar-refractivity contribution in [2.45, 2.75) is 76.9 Å². The molecular weight excluding hydrogens is 560 g/mol. The van der Waals surface area contributed by atoms with Crippen LogP contribution < -0.4 is 15.8 Å². The Balaban J connectivity index is 1.17. The van der Waals surface area contributed by atoms with E-state index in [1.807, 2.05) is 48.6 Å². The van der Waals surface area contributed by atoms with Crippen LogP contribution in [0.25, 0.3) is 6.08 Å². The minimum atomic E-state index is -0.848. The zero-order chi connectivity index (χ0) is 31.2. The van der Waals surface area contributed by atoms with Crippen LogP contribution in [0.2, 0.25) is 0 Å². The highest BCUT2D eigenvalue weighted by Crippen LogP contribution is 2.34. The molecule has 10 heteroatoms. The van der Waals surface area contributed by atoms with Gasteiger partial charge in [-0.25, -0.2) is 0 Å². The van der Waals surface area contributed by atoms with Crippen LogP contribution >= 0.6 is 0 Å². The second-order valence-electron chi connectivity index (χ2n) is 11.7. The molecule has 0 unspecified atom stereocenters. The predicted molar refractivity (Wildman–Crippen MR) is 169 cm³/mol. The standard InChI is InChI=1S/C34H42N4O6/c1-2-3-24(40)14-26(42)15-25(41)7-4-21-5-9-32(43)33(12-21)44-20-38-17-30-23(16-37-31(30)18-38)13-29-22(19-39)6-8-28-27(29)10-11-36-34(28)35/h5-6,8-12,16-17,24,26,34,36,39-40,42-43H,2-4,7,13-15,18-20,35H2,1H3/t24-,26+,34+/m0/s1. The predicted octanol–water partition coefficient (Wildman–Crippen LogP) is 3.34. The molecule has 0 saturated carbocycles. The van der Waals surface area contributed by atoms with Gasteiger partial charge in [0.15, 0.2) is 18.2 Å². The lowest BCUT2D eigenvalue weighted by atomic mass is 9.88. The van der Waals surface area contributed by atoms with Gasteiger partial charge in [0.05, 0.1) is 31.1 Å². The lowest BCUT2D eigenvalue weighted by molar-refractivity contribution is -0.121. The van der Waals surface area contributed by atoms with E-state index < -0.39 is 12.2 Å². The van der Waals surface area contributed by atoms with E-state index in [1.54, 1.807) is 18.2 Å². The van der Waals surface area contributed by atoms with Crippen LogP contribution in [0.1, 0.15) is 73.0 Å². The number of ether oxygens (including phenoxy) is 1. The number of phenols is 1. The third kappa shape index (κ3) is 7.39. The van der Waals surface area contributed by atoms with E-state index in [1.165, 1.54) is 0 Å². The second kappa shape index (κ2) is 14.2. The maximum atomic E-state index is 12.4. The lowest BCUT2D eigenvalue weighted by Gasteiger charge is -2.24. The number of rotatable bonds is 15. The molecule has 0 bridgehead atoms. The summed E-state index contributed by atoms with van der Waals surface area (Å²) in [4.78, 5) is 19.0. The number of fused-ring (bicyclic) bond motifs is 2. The zero-order valence-electron chi connectivity index (χ0n) is 25.1. The number of Topliss-reactive ketones (excluding diaryl/α,β-unsaturated/α-hetero) is 1. The van der Waals surface area contributed by atoms with Gasteiger partial charge in [0.25, 0.3) is 0 Å². The van der Waals surface area contributed by atoms with Crippen molar-refractivity contribution in [1.29, 1.82) is 0 Å². The molecule has 3 heterocycles. The van der Waals surface area contributed by atoms with E-state index in [0.29, 0.717) is 31.6 Å². The molecule has 7 N–H and O–H groups in total. The van der Waals surface area contributed by atoms with E-state index in [-0.39, 0.29) is 50.3 Å². The summed E-state index contributed by atoms with van der Waals surface area (Å²) >= 11 is 0. The van der Waals surface area contributed by atoms with Crippen LogP contribution in [0.5, 0.6) is 11.5 Å². The van der Waals surface area contributed by atoms with Crippen LogP contribution in [-0.2, 0) is 24.2 Å². The van der Waals surface area contributed by atoms with Crippen molar-refractivity contribution < 1.29 is 30.0 Å². The largest absolute Gasteiger partial charge is 0.504 e. The Hall–Kier alpha value is -3.96. The summed E-state index contributed by atoms with van der Waals surface area (Å²) in [5.41, 5.74) is 14.0. The normalized spacial score (nSPS) is 18.2. The summed E-state index contributed by atoms with van der Waals surface area (Å²) in [7, 11) is 0. The number of carbonyl (C=O) groups is 1. The second-order valence-corrected chi connectivity index (χ2v) is 11.7. The number of allylic oxidation sites excluding steroid dienone is 1. The van der Waals surface area contributed by atoms with Gasteiger partial charge >= 0.3 is 0 Å². The molecule has 2 aromatic rings. The summed E-state index contributed by atoms with van der Waals surface area (Å²) in [6.07, 6.45) is 8.93. The first-order valence-electron chi connectivity index (χ1n) is 15.2. The number of aliphatic imine (C=N–C) groups is 1. The summed E-state index contributed by atoms with van der Waals surface area (Å²) in [5.74, 6) is 0.261. The number of hydrogen-bond acceptors (Lipinski definition) is 10. The number of carbonyl (C=O) groups excluding carboxylic acids is 1. The topological polar surface area (TPSA) is 161 Å². The summed E-state index contributed by atoms with van der Waals surface area (Å²) in [5, 5.41) is 43.6. The molecule has 0 aromatic heterocycles. The smallest absolute Gasteiger partial charge is 0.163 e. The maximum Gasteiger partial charge on any atom is 0.163 e. The molecule has 0 aliphatic carbocycles. The van der Waals surface area contributed by atoms with Crippen LogP contribution in [0.15, 0.2) is 65.1 Å². The number of phenolic OH excluding ortho intramolecular Hbond substituents is 1. The van der Waals surface area contributed by atoms with E-state index in [9.17, 15) is 25.2 Å². The molecule has 0 amide bonds. The van der Waals surface area contributed by atoms with Gasteiger partial charge in [-0.1, -0.05) is 31.5 Å². The fraction of sp³-hybridized carbons (Fsp3) is 0.412. The van der Waals surface area contributed by atoms with Crippen molar-refractivity contribution in [3.63, 3.8) is 0 Å². The van der Waals surface area contributed by atoms with Gasteiger partial charge in [-0.05, 0) is 77.1 Å². The number of aryl methyl sites for hydroxylation is 1. The van der Waals surface area contributed by atoms with Gasteiger partial charge < -0.3 is 41.1 Å². The lowest BCUT2D eigenvalue weighted by Crippen LogP contribution is -2.28. The Kier molecular flexibility index (Phi) is 10.2. The highest BCUT2D eigenvalue weighted by molar-refractivity contribution is 6.09. The Labute approximate surface area is 257 Å². The quantitative estimate of drug-likeness (QED) is 0.180. The van der Waals surface area contributed by atoms with Gasteiger partial charge in [-0.3, -0.25) is 9.79 Å². The number of nitrogens with two attached hydrogens (primary N) is 1. The molecule has 3 aliphatic heterocycles. The molecule has 0 saturated heterocycles. The summed E-state index contributed by atoms with van der Waals surface area (Å²) in [6.45, 7) is 2.66. The highest BCUT2D eigenvalue weighted by atomic mass is 16.5. The molecule has 5 rings (SSSR count). The fourth-order valence-electron chi connectivity index (χ4n) is 5.96. The molecule has 3 aliphatic rings. The third-order valence-electron chi connectivity index (χ3n) is 8.32. The Morgan fingerprint density at radius 2 is 2.07 bits per heavy atom. The third-order valence-corrected chi connectivity index (χ3v) is 8.32. The molecule has 0 radical (unpaired) electrons. The first-order valence-corrected chi connectivity index (χ1v) is 15.2. The van der Waals surface area contributed by atoms with Crippen molar-refractivity contribution >= 4 is 17.6 Å². The molecule has 0 fully saturated rings. The Morgan fingerprint density at radius 3 is 2.86 bits per heavy atom. The average molecular weight is 603 g/mol. The van der Waals surface area contributed by atoms with Crippen molar-refractivity contribution in [2.24, 2.45) is 10.7 Å². The van der Waals surface area contributed by atoms with Gasteiger partial charge in [0, 0.05) is 37.2 Å². The first-order chi connectivity index (χ1) is 21.2. The van der Waals surface area contributed by atoms with Gasteiger partial charge in [0.2, 0.25) is 0 Å². The SMILES string of the molecule is CCC[C@H](O)C[C@@H](O)CC(=O)CCc1ccc(O)c(OCN2C=C3C(Cc4c(CO)ccc5c4C=CN[C@H]5N)=CN=C3C2)c1. The molecule has 3 atom stereocenters. The number of aliphatic hydroxyl groups is 3. The number of aliphatic hydroxyl groups excluding tert-OH is 3. The van der Waals surface area contributed by atoms with Crippen molar-refractivity contribution in [3.05, 3.63) is 87.9 Å². The van der Waals surface area contributed by atoms with Crippen molar-refractivity contribution in [2.75, 3.05) is 13.3 Å². The molecule has 10 nitrogen and oxygen atoms in total. The van der Waals surface area contributed by atoms with Crippen LogP contribution in [0, 0.1) is 0 Å². The van der Waals surface area contributed by atoms with Crippen LogP contribution in [0.4, 0.5) is 0 Å². The number of benzene rings is 2. The molecule has 234 valence electrons. The molecular formula is C34H42N4O6. The number of ketones is 1. The summed E-state index contributed by atoms with van der Waals surface area (Å²) in [6, 6.07) is 8.93. The summed E-state index contributed by atoms with van der Waals surface area (Å²) < 4.78 is 5.98. The highest BCUT2D eigenvalue weighted by Gasteiger charge is 2.28. The fourth-order valence-corrected chi connectivity index (χ4v) is 5.96. The number of nitrogens with zero attached hydrogens (tertiary/aromatic N) is 2. The van der Waals surface area contributed by atoms with Crippen molar-refractivity contribution in [3.8, 4) is 11.5 Å². The average Bonchev–Trinajstić information content (AvgIpc) is 3.57. The maximum absolute atomic E-state index is 12.4. The number of nitrogens with one attached hydrogen (secondary N) is 1. The molecule has 0 spiro atoms. The first kappa shape index (κ1) is 31.5. The number of hydrogen-bond donors (Lipinski definition) is 6. The Morgan fingerprint density at radius 1 is 1.23 bits per heavy atom. The molecule has 2 aromatic carbocycles. The van der Waals surface area contributed by atoms with E-state index in [4.69, 9.17) is 10.5 Å². The van der Waals surface area contributed by atoms with Gasteiger partial charge in [0.1, 0.15) is 11.9 Å². The Bertz CT molecular complexity index is 1500. The van der Waals surface area contributed by atoms with Gasteiger partial charge in [-0.15, -0.1) is 0 Å².